The molecule has 0 radical (unpaired) electrons. The van der Waals surface area contributed by atoms with Crippen molar-refractivity contribution in [3.05, 3.63) is 60.2 Å². The maximum absolute atomic E-state index is 12.6. The van der Waals surface area contributed by atoms with Gasteiger partial charge in [-0.3, -0.25) is 9.59 Å². The molecule has 4 nitrogen and oxygen atoms in total. The highest BCUT2D eigenvalue weighted by Gasteiger charge is 2.44. The van der Waals surface area contributed by atoms with Crippen LogP contribution in [-0.4, -0.2) is 22.9 Å². The van der Waals surface area contributed by atoms with Gasteiger partial charge in [-0.2, -0.15) is 0 Å². The summed E-state index contributed by atoms with van der Waals surface area (Å²) in [6.45, 7) is 2.07. The number of esters is 1. The van der Waals surface area contributed by atoms with E-state index in [0.29, 0.717) is 12.8 Å². The third-order valence-corrected chi connectivity index (χ3v) is 5.56. The minimum atomic E-state index is -0.710. The van der Waals surface area contributed by atoms with Gasteiger partial charge >= 0.3 is 5.97 Å². The number of para-hydroxylation sites is 1. The van der Waals surface area contributed by atoms with Crippen molar-refractivity contribution < 1.29 is 14.3 Å². The molecule has 3 aromatic rings. The number of hydrogen-bond acceptors (Lipinski definition) is 3. The van der Waals surface area contributed by atoms with E-state index in [0.717, 1.165) is 27.7 Å². The highest BCUT2D eigenvalue weighted by atomic mass is 16.5. The molecular formula is C23H23NO3. The van der Waals surface area contributed by atoms with E-state index in [1.165, 1.54) is 0 Å². The van der Waals surface area contributed by atoms with Crippen molar-refractivity contribution >= 4 is 22.7 Å². The SMILES string of the molecule is CCOC(=O)C1C(=O)CCC1c1c(-c2ccccc2)n(C)c2ccccc12. The molecule has 0 spiro atoms. The van der Waals surface area contributed by atoms with Gasteiger partial charge in [-0.1, -0.05) is 48.5 Å². The molecule has 2 atom stereocenters. The minimum Gasteiger partial charge on any atom is -0.465 e. The molecule has 4 rings (SSSR count). The third-order valence-electron chi connectivity index (χ3n) is 5.56. The van der Waals surface area contributed by atoms with E-state index in [9.17, 15) is 9.59 Å². The maximum atomic E-state index is 12.6. The molecule has 1 aromatic heterocycles. The number of fused-ring (bicyclic) bond motifs is 1. The molecule has 0 bridgehead atoms. The van der Waals surface area contributed by atoms with Crippen LogP contribution in [-0.2, 0) is 21.4 Å². The predicted octanol–water partition coefficient (Wildman–Crippen LogP) is 4.47. The topological polar surface area (TPSA) is 48.3 Å². The van der Waals surface area contributed by atoms with E-state index in [1.54, 1.807) is 6.92 Å². The Morgan fingerprint density at radius 1 is 1.11 bits per heavy atom. The molecule has 0 aliphatic heterocycles. The maximum Gasteiger partial charge on any atom is 0.317 e. The predicted molar refractivity (Wildman–Crippen MR) is 105 cm³/mol. The molecule has 1 aliphatic carbocycles. The Labute approximate surface area is 158 Å². The third kappa shape index (κ3) is 2.85. The fourth-order valence-corrected chi connectivity index (χ4v) is 4.43. The number of carbonyl (C=O) groups is 2. The quantitative estimate of drug-likeness (QED) is 0.509. The first-order valence-electron chi connectivity index (χ1n) is 9.45. The van der Waals surface area contributed by atoms with Gasteiger partial charge < -0.3 is 9.30 Å². The van der Waals surface area contributed by atoms with Crippen LogP contribution in [0, 0.1) is 5.92 Å². The van der Waals surface area contributed by atoms with Crippen LogP contribution in [0.25, 0.3) is 22.2 Å². The molecule has 4 heteroatoms. The molecule has 1 aliphatic rings. The number of aryl methyl sites for hydroxylation is 1. The van der Waals surface area contributed by atoms with Gasteiger partial charge in [0.2, 0.25) is 0 Å². The first-order chi connectivity index (χ1) is 13.1. The molecule has 0 amide bonds. The van der Waals surface area contributed by atoms with Gasteiger partial charge in [-0.25, -0.2) is 0 Å². The molecule has 1 heterocycles. The minimum absolute atomic E-state index is 0.00889. The zero-order chi connectivity index (χ0) is 19.0. The first kappa shape index (κ1) is 17.5. The summed E-state index contributed by atoms with van der Waals surface area (Å²) in [5, 5.41) is 1.10. The van der Waals surface area contributed by atoms with Gasteiger partial charge in [0, 0.05) is 30.3 Å². The van der Waals surface area contributed by atoms with Gasteiger partial charge in [0.05, 0.1) is 12.3 Å². The van der Waals surface area contributed by atoms with E-state index < -0.39 is 11.9 Å². The molecule has 0 saturated heterocycles. The lowest BCUT2D eigenvalue weighted by molar-refractivity contribution is -0.151. The number of carbonyl (C=O) groups excluding carboxylic acids is 2. The lowest BCUT2D eigenvalue weighted by Crippen LogP contribution is -2.26. The van der Waals surface area contributed by atoms with E-state index in [4.69, 9.17) is 4.74 Å². The summed E-state index contributed by atoms with van der Waals surface area (Å²) in [5.74, 6) is -1.27. The number of Topliss-reactive ketones (excluding diaryl/α,β-unsaturated/α-hetero) is 1. The van der Waals surface area contributed by atoms with Crippen molar-refractivity contribution in [2.45, 2.75) is 25.7 Å². The average Bonchev–Trinajstić information content (AvgIpc) is 3.20. The molecule has 138 valence electrons. The van der Waals surface area contributed by atoms with Gasteiger partial charge in [0.1, 0.15) is 11.7 Å². The largest absolute Gasteiger partial charge is 0.465 e. The lowest BCUT2D eigenvalue weighted by atomic mass is 9.85. The van der Waals surface area contributed by atoms with E-state index >= 15 is 0 Å². The van der Waals surface area contributed by atoms with Crippen LogP contribution in [0.3, 0.4) is 0 Å². The monoisotopic (exact) mass is 361 g/mol. The Hall–Kier alpha value is -2.88. The van der Waals surface area contributed by atoms with Crippen LogP contribution in [0.5, 0.6) is 0 Å². The van der Waals surface area contributed by atoms with Crippen molar-refractivity contribution in [2.24, 2.45) is 13.0 Å². The Balaban J connectivity index is 1.95. The zero-order valence-corrected chi connectivity index (χ0v) is 15.6. The van der Waals surface area contributed by atoms with E-state index in [-0.39, 0.29) is 18.3 Å². The van der Waals surface area contributed by atoms with Crippen LogP contribution < -0.4 is 0 Å². The fourth-order valence-electron chi connectivity index (χ4n) is 4.43. The van der Waals surface area contributed by atoms with Crippen molar-refractivity contribution in [2.75, 3.05) is 6.61 Å². The average molecular weight is 361 g/mol. The summed E-state index contributed by atoms with van der Waals surface area (Å²) in [5.41, 5.74) is 4.36. The second-order valence-corrected chi connectivity index (χ2v) is 7.05. The first-order valence-corrected chi connectivity index (χ1v) is 9.45. The van der Waals surface area contributed by atoms with Crippen LogP contribution in [0.1, 0.15) is 31.2 Å². The molecule has 2 aromatic carbocycles. The lowest BCUT2D eigenvalue weighted by Gasteiger charge is -2.19. The Morgan fingerprint density at radius 2 is 1.81 bits per heavy atom. The number of rotatable bonds is 4. The smallest absolute Gasteiger partial charge is 0.317 e. The van der Waals surface area contributed by atoms with E-state index in [2.05, 4.69) is 28.8 Å². The Morgan fingerprint density at radius 3 is 2.56 bits per heavy atom. The van der Waals surface area contributed by atoms with Crippen LogP contribution >= 0.6 is 0 Å². The second kappa shape index (κ2) is 7.03. The Kier molecular flexibility index (Phi) is 4.56. The highest BCUT2D eigenvalue weighted by Crippen LogP contribution is 2.46. The summed E-state index contributed by atoms with van der Waals surface area (Å²) in [6.07, 6.45) is 1.10. The second-order valence-electron chi connectivity index (χ2n) is 7.05. The molecule has 2 unspecified atom stereocenters. The number of nitrogens with zero attached hydrogens (tertiary/aromatic N) is 1. The summed E-state index contributed by atoms with van der Waals surface area (Å²) >= 11 is 0. The number of ketones is 1. The number of aromatic nitrogens is 1. The number of hydrogen-bond donors (Lipinski definition) is 0. The van der Waals surface area contributed by atoms with Gasteiger partial charge in [-0.15, -0.1) is 0 Å². The summed E-state index contributed by atoms with van der Waals surface area (Å²) < 4.78 is 7.42. The molecule has 0 N–H and O–H groups in total. The van der Waals surface area contributed by atoms with Crippen molar-refractivity contribution in [1.29, 1.82) is 0 Å². The van der Waals surface area contributed by atoms with Crippen LogP contribution in [0.4, 0.5) is 0 Å². The Bertz CT molecular complexity index is 1000. The molecular weight excluding hydrogens is 338 g/mol. The van der Waals surface area contributed by atoms with Crippen molar-refractivity contribution in [3.63, 3.8) is 0 Å². The number of benzene rings is 2. The van der Waals surface area contributed by atoms with Crippen molar-refractivity contribution in [1.82, 2.24) is 4.57 Å². The fraction of sp³-hybridized carbons (Fsp3) is 0.304. The van der Waals surface area contributed by atoms with Crippen molar-refractivity contribution in [3.8, 4) is 11.3 Å². The number of ether oxygens (including phenoxy) is 1. The van der Waals surface area contributed by atoms with Gasteiger partial charge in [0.15, 0.2) is 0 Å². The zero-order valence-electron chi connectivity index (χ0n) is 15.6. The normalized spacial score (nSPS) is 19.6. The van der Waals surface area contributed by atoms with E-state index in [1.807, 2.05) is 37.4 Å². The highest BCUT2D eigenvalue weighted by molar-refractivity contribution is 6.04. The molecule has 1 fully saturated rings. The van der Waals surface area contributed by atoms with Gasteiger partial charge in [0.25, 0.3) is 0 Å². The van der Waals surface area contributed by atoms with Gasteiger partial charge in [-0.05, 0) is 30.5 Å². The van der Waals surface area contributed by atoms with Crippen LogP contribution in [0.2, 0.25) is 0 Å². The summed E-state index contributed by atoms with van der Waals surface area (Å²) in [7, 11) is 2.05. The summed E-state index contributed by atoms with van der Waals surface area (Å²) in [4.78, 5) is 25.1. The molecule has 1 saturated carbocycles. The van der Waals surface area contributed by atoms with Crippen LogP contribution in [0.15, 0.2) is 54.6 Å². The summed E-state index contributed by atoms with van der Waals surface area (Å²) in [6, 6.07) is 18.4. The standard InChI is InChI=1S/C23H23NO3/c1-3-27-23(26)21-17(13-14-19(21)25)20-16-11-7-8-12-18(16)24(2)22(20)15-9-5-4-6-10-15/h4-12,17,21H,3,13-14H2,1-2H3. The molecule has 27 heavy (non-hydrogen) atoms.